The van der Waals surface area contributed by atoms with Crippen LogP contribution in [0.15, 0.2) is 35.1 Å². The van der Waals surface area contributed by atoms with Crippen LogP contribution in [0.3, 0.4) is 0 Å². The maximum atomic E-state index is 12.1. The molecule has 0 aliphatic carbocycles. The first-order valence-electron chi connectivity index (χ1n) is 5.23. The van der Waals surface area contributed by atoms with Crippen LogP contribution in [0.2, 0.25) is 5.15 Å². The molecule has 19 heavy (non-hydrogen) atoms. The van der Waals surface area contributed by atoms with Gasteiger partial charge in [-0.15, -0.1) is 0 Å². The fourth-order valence-corrected chi connectivity index (χ4v) is 1.92. The summed E-state index contributed by atoms with van der Waals surface area (Å²) < 4.78 is 5.97. The SMILES string of the molecule is COc1cc(Br)ccc1C(=O)Nc1nccnc1Cl. The Hall–Kier alpha value is -1.66. The van der Waals surface area contributed by atoms with Gasteiger partial charge in [-0.2, -0.15) is 0 Å². The van der Waals surface area contributed by atoms with Gasteiger partial charge in [-0.25, -0.2) is 9.97 Å². The first kappa shape index (κ1) is 13.8. The Morgan fingerprint density at radius 2 is 2.11 bits per heavy atom. The first-order valence-corrected chi connectivity index (χ1v) is 6.40. The number of amides is 1. The highest BCUT2D eigenvalue weighted by Crippen LogP contribution is 2.25. The van der Waals surface area contributed by atoms with Gasteiger partial charge in [0.2, 0.25) is 0 Å². The number of nitrogens with zero attached hydrogens (tertiary/aromatic N) is 2. The van der Waals surface area contributed by atoms with Gasteiger partial charge in [-0.3, -0.25) is 4.79 Å². The van der Waals surface area contributed by atoms with E-state index >= 15 is 0 Å². The Kier molecular flexibility index (Phi) is 4.34. The van der Waals surface area contributed by atoms with Crippen LogP contribution < -0.4 is 10.1 Å². The molecule has 0 radical (unpaired) electrons. The lowest BCUT2D eigenvalue weighted by atomic mass is 10.2. The lowest BCUT2D eigenvalue weighted by Crippen LogP contribution is -2.14. The number of carbonyl (C=O) groups excluding carboxylic acids is 1. The third kappa shape index (κ3) is 3.21. The average Bonchev–Trinajstić information content (AvgIpc) is 2.41. The highest BCUT2D eigenvalue weighted by Gasteiger charge is 2.14. The van der Waals surface area contributed by atoms with E-state index in [2.05, 4.69) is 31.2 Å². The summed E-state index contributed by atoms with van der Waals surface area (Å²) in [6, 6.07) is 5.09. The van der Waals surface area contributed by atoms with Crippen molar-refractivity contribution in [1.82, 2.24) is 9.97 Å². The molecule has 0 bridgehead atoms. The molecule has 0 atom stereocenters. The minimum Gasteiger partial charge on any atom is -0.496 e. The Morgan fingerprint density at radius 3 is 2.79 bits per heavy atom. The van der Waals surface area contributed by atoms with Crippen molar-refractivity contribution in [2.45, 2.75) is 0 Å². The Morgan fingerprint density at radius 1 is 1.37 bits per heavy atom. The summed E-state index contributed by atoms with van der Waals surface area (Å²) in [5, 5.41) is 2.71. The number of nitrogens with one attached hydrogen (secondary N) is 1. The molecule has 1 aromatic carbocycles. The van der Waals surface area contributed by atoms with Crippen molar-refractivity contribution in [2.24, 2.45) is 0 Å². The molecule has 1 N–H and O–H groups in total. The molecule has 1 amide bonds. The molecule has 2 aromatic rings. The molecule has 1 aromatic heterocycles. The van der Waals surface area contributed by atoms with Gasteiger partial charge >= 0.3 is 0 Å². The number of rotatable bonds is 3. The summed E-state index contributed by atoms with van der Waals surface area (Å²) in [6.45, 7) is 0. The number of methoxy groups -OCH3 is 1. The van der Waals surface area contributed by atoms with Crippen LogP contribution in [0, 0.1) is 0 Å². The molecule has 7 heteroatoms. The molecule has 98 valence electrons. The minimum atomic E-state index is -0.369. The molecule has 0 unspecified atom stereocenters. The van der Waals surface area contributed by atoms with Crippen LogP contribution in [-0.2, 0) is 0 Å². The van der Waals surface area contributed by atoms with Gasteiger partial charge in [0.25, 0.3) is 5.91 Å². The summed E-state index contributed by atoms with van der Waals surface area (Å²) in [7, 11) is 1.49. The number of anilines is 1. The van der Waals surface area contributed by atoms with Crippen LogP contribution in [0.5, 0.6) is 5.75 Å². The van der Waals surface area contributed by atoms with Crippen molar-refractivity contribution >= 4 is 39.3 Å². The van der Waals surface area contributed by atoms with E-state index in [0.717, 1.165) is 4.47 Å². The van der Waals surface area contributed by atoms with Crippen LogP contribution >= 0.6 is 27.5 Å². The molecule has 1 heterocycles. The zero-order chi connectivity index (χ0) is 13.8. The van der Waals surface area contributed by atoms with Gasteiger partial charge in [-0.05, 0) is 18.2 Å². The smallest absolute Gasteiger partial charge is 0.260 e. The van der Waals surface area contributed by atoms with Crippen molar-refractivity contribution in [2.75, 3.05) is 12.4 Å². The standard InChI is InChI=1S/C12H9BrClN3O2/c1-19-9-6-7(13)2-3-8(9)12(18)17-11-10(14)15-4-5-16-11/h2-6H,1H3,(H,16,17,18). The predicted molar refractivity (Wildman–Crippen MR) is 75.7 cm³/mol. The zero-order valence-corrected chi connectivity index (χ0v) is 12.2. The number of hydrogen-bond donors (Lipinski definition) is 1. The molecule has 2 rings (SSSR count). The highest BCUT2D eigenvalue weighted by molar-refractivity contribution is 9.10. The number of halogens is 2. The average molecular weight is 343 g/mol. The maximum Gasteiger partial charge on any atom is 0.260 e. The summed E-state index contributed by atoms with van der Waals surface area (Å²) in [5.41, 5.74) is 0.382. The second-order valence-corrected chi connectivity index (χ2v) is 4.77. The fraction of sp³-hybridized carbons (Fsp3) is 0.0833. The lowest BCUT2D eigenvalue weighted by molar-refractivity contribution is 0.102. The van der Waals surface area contributed by atoms with E-state index in [-0.39, 0.29) is 16.9 Å². The molecule has 5 nitrogen and oxygen atoms in total. The molecule has 0 spiro atoms. The van der Waals surface area contributed by atoms with E-state index in [9.17, 15) is 4.79 Å². The quantitative estimate of drug-likeness (QED) is 0.930. The number of carbonyl (C=O) groups is 1. The lowest BCUT2D eigenvalue weighted by Gasteiger charge is -2.09. The highest BCUT2D eigenvalue weighted by atomic mass is 79.9. The molecule has 0 fully saturated rings. The molecule has 0 saturated heterocycles. The first-order chi connectivity index (χ1) is 9.11. The number of ether oxygens (including phenoxy) is 1. The predicted octanol–water partition coefficient (Wildman–Crippen LogP) is 3.15. The van der Waals surface area contributed by atoms with Crippen molar-refractivity contribution in [3.05, 3.63) is 45.8 Å². The summed E-state index contributed by atoms with van der Waals surface area (Å²) in [5.74, 6) is 0.290. The molecule has 0 aliphatic heterocycles. The van der Waals surface area contributed by atoms with Crippen LogP contribution in [-0.4, -0.2) is 23.0 Å². The molecular formula is C12H9BrClN3O2. The molecule has 0 aliphatic rings. The Labute approximate surface area is 123 Å². The topological polar surface area (TPSA) is 64.1 Å². The number of aromatic nitrogens is 2. The summed E-state index contributed by atoms with van der Waals surface area (Å²) >= 11 is 9.14. The van der Waals surface area contributed by atoms with Crippen LogP contribution in [0.25, 0.3) is 0 Å². The largest absolute Gasteiger partial charge is 0.496 e. The van der Waals surface area contributed by atoms with Gasteiger partial charge in [0.1, 0.15) is 5.75 Å². The molecule has 0 saturated carbocycles. The van der Waals surface area contributed by atoms with Gasteiger partial charge in [0.05, 0.1) is 12.7 Å². The number of hydrogen-bond acceptors (Lipinski definition) is 4. The van der Waals surface area contributed by atoms with E-state index in [1.807, 2.05) is 0 Å². The van der Waals surface area contributed by atoms with Gasteiger partial charge in [0, 0.05) is 16.9 Å². The van der Waals surface area contributed by atoms with Crippen molar-refractivity contribution in [3.63, 3.8) is 0 Å². The summed E-state index contributed by atoms with van der Waals surface area (Å²) in [4.78, 5) is 19.9. The van der Waals surface area contributed by atoms with Gasteiger partial charge < -0.3 is 10.1 Å². The number of benzene rings is 1. The van der Waals surface area contributed by atoms with Crippen LogP contribution in [0.4, 0.5) is 5.82 Å². The second kappa shape index (κ2) is 5.99. The van der Waals surface area contributed by atoms with Gasteiger partial charge in [0.15, 0.2) is 11.0 Å². The normalized spacial score (nSPS) is 10.1. The van der Waals surface area contributed by atoms with E-state index < -0.39 is 0 Å². The van der Waals surface area contributed by atoms with Crippen molar-refractivity contribution in [3.8, 4) is 5.75 Å². The van der Waals surface area contributed by atoms with Gasteiger partial charge in [-0.1, -0.05) is 27.5 Å². The van der Waals surface area contributed by atoms with Crippen molar-refractivity contribution < 1.29 is 9.53 Å². The zero-order valence-electron chi connectivity index (χ0n) is 9.85. The van der Waals surface area contributed by atoms with Crippen LogP contribution in [0.1, 0.15) is 10.4 Å². The Balaban J connectivity index is 2.28. The minimum absolute atomic E-state index is 0.131. The maximum absolute atomic E-state index is 12.1. The van der Waals surface area contributed by atoms with E-state index in [1.165, 1.54) is 19.5 Å². The van der Waals surface area contributed by atoms with E-state index in [4.69, 9.17) is 16.3 Å². The monoisotopic (exact) mass is 341 g/mol. The molecular weight excluding hydrogens is 334 g/mol. The fourth-order valence-electron chi connectivity index (χ4n) is 1.43. The van der Waals surface area contributed by atoms with E-state index in [0.29, 0.717) is 11.3 Å². The Bertz CT molecular complexity index is 622. The van der Waals surface area contributed by atoms with Crippen molar-refractivity contribution in [1.29, 1.82) is 0 Å². The third-order valence-electron chi connectivity index (χ3n) is 2.29. The van der Waals surface area contributed by atoms with E-state index in [1.54, 1.807) is 18.2 Å². The second-order valence-electron chi connectivity index (χ2n) is 3.49. The summed E-state index contributed by atoms with van der Waals surface area (Å²) in [6.07, 6.45) is 2.89. The third-order valence-corrected chi connectivity index (χ3v) is 3.06.